The minimum absolute atomic E-state index is 0.830. The Hall–Kier alpha value is -1.39. The zero-order valence-electron chi connectivity index (χ0n) is 10.9. The topological polar surface area (TPSA) is 28.2 Å². The minimum atomic E-state index is 0.830. The van der Waals surface area contributed by atoms with E-state index in [1.807, 2.05) is 6.20 Å². The molecule has 2 heterocycles. The van der Waals surface area contributed by atoms with E-state index in [2.05, 4.69) is 58.1 Å². The Kier molecular flexibility index (Phi) is 4.73. The monoisotopic (exact) mass is 261 g/mol. The van der Waals surface area contributed by atoms with Crippen LogP contribution in [-0.2, 0) is 13.1 Å². The number of rotatable bonds is 6. The van der Waals surface area contributed by atoms with E-state index in [0.717, 1.165) is 25.3 Å². The molecule has 0 atom stereocenters. The number of nitrogens with zero attached hydrogens (tertiary/aromatic N) is 2. The number of hydrogen-bond donors (Lipinski definition) is 1. The fraction of sp³-hybridized carbons (Fsp3) is 0.357. The van der Waals surface area contributed by atoms with Gasteiger partial charge in [0.2, 0.25) is 0 Å². The first kappa shape index (κ1) is 13.1. The lowest BCUT2D eigenvalue weighted by Gasteiger charge is -2.19. The Balaban J connectivity index is 2.03. The summed E-state index contributed by atoms with van der Waals surface area (Å²) in [5, 5.41) is 7.61. The van der Waals surface area contributed by atoms with Crippen LogP contribution in [0.3, 0.4) is 0 Å². The highest BCUT2D eigenvalue weighted by Gasteiger charge is 2.04. The molecule has 0 aliphatic carbocycles. The number of pyridine rings is 1. The molecule has 2 rings (SSSR count). The van der Waals surface area contributed by atoms with Gasteiger partial charge in [0.05, 0.1) is 5.69 Å². The smallest absolute Gasteiger partial charge is 0.0562 e. The molecular formula is C14H19N3S. The lowest BCUT2D eigenvalue weighted by molar-refractivity contribution is 0.710. The quantitative estimate of drug-likeness (QED) is 0.866. The first-order valence-electron chi connectivity index (χ1n) is 6.17. The second-order valence-electron chi connectivity index (χ2n) is 4.27. The largest absolute Gasteiger partial charge is 0.370 e. The Morgan fingerprint density at radius 3 is 3.00 bits per heavy atom. The van der Waals surface area contributed by atoms with Crippen molar-refractivity contribution < 1.29 is 0 Å². The molecule has 0 bridgehead atoms. The van der Waals surface area contributed by atoms with Gasteiger partial charge in [0.1, 0.15) is 0 Å². The molecular weight excluding hydrogens is 242 g/mol. The summed E-state index contributed by atoms with van der Waals surface area (Å²) in [6.07, 6.45) is 1.88. The molecule has 96 valence electrons. The highest BCUT2D eigenvalue weighted by atomic mass is 32.1. The zero-order chi connectivity index (χ0) is 12.8. The highest BCUT2D eigenvalue weighted by molar-refractivity contribution is 7.07. The predicted octanol–water partition coefficient (Wildman–Crippen LogP) is 2.89. The van der Waals surface area contributed by atoms with Crippen LogP contribution in [0.15, 0.2) is 35.2 Å². The van der Waals surface area contributed by atoms with Gasteiger partial charge in [0, 0.05) is 32.0 Å². The third kappa shape index (κ3) is 3.55. The number of anilines is 1. The van der Waals surface area contributed by atoms with Gasteiger partial charge in [-0.25, -0.2) is 0 Å². The van der Waals surface area contributed by atoms with E-state index in [9.17, 15) is 0 Å². The van der Waals surface area contributed by atoms with Crippen molar-refractivity contribution in [2.75, 3.05) is 18.5 Å². The summed E-state index contributed by atoms with van der Waals surface area (Å²) in [7, 11) is 2.12. The fourth-order valence-electron chi connectivity index (χ4n) is 1.80. The maximum absolute atomic E-state index is 4.37. The Morgan fingerprint density at radius 1 is 1.39 bits per heavy atom. The Labute approximate surface area is 112 Å². The lowest BCUT2D eigenvalue weighted by atomic mass is 10.2. The van der Waals surface area contributed by atoms with Gasteiger partial charge < -0.3 is 10.2 Å². The Bertz CT molecular complexity index is 468. The first-order chi connectivity index (χ1) is 8.79. The maximum atomic E-state index is 4.37. The van der Waals surface area contributed by atoms with Crippen molar-refractivity contribution in [3.05, 3.63) is 46.4 Å². The van der Waals surface area contributed by atoms with Gasteiger partial charge in [0.15, 0.2) is 0 Å². The van der Waals surface area contributed by atoms with Crippen molar-refractivity contribution in [2.45, 2.75) is 20.0 Å². The maximum Gasteiger partial charge on any atom is 0.0562 e. The van der Waals surface area contributed by atoms with E-state index < -0.39 is 0 Å². The average molecular weight is 261 g/mol. The molecule has 0 radical (unpaired) electrons. The van der Waals surface area contributed by atoms with Crippen LogP contribution >= 0.6 is 11.3 Å². The van der Waals surface area contributed by atoms with E-state index in [1.54, 1.807) is 11.3 Å². The van der Waals surface area contributed by atoms with E-state index in [4.69, 9.17) is 0 Å². The van der Waals surface area contributed by atoms with Crippen LogP contribution in [0, 0.1) is 0 Å². The van der Waals surface area contributed by atoms with Crippen LogP contribution in [0.4, 0.5) is 5.69 Å². The second kappa shape index (κ2) is 6.52. The van der Waals surface area contributed by atoms with Gasteiger partial charge in [-0.3, -0.25) is 4.98 Å². The molecule has 0 amide bonds. The van der Waals surface area contributed by atoms with Gasteiger partial charge in [-0.2, -0.15) is 11.3 Å². The highest BCUT2D eigenvalue weighted by Crippen LogP contribution is 2.17. The predicted molar refractivity (Wildman–Crippen MR) is 78.0 cm³/mol. The number of aromatic nitrogens is 1. The number of hydrogen-bond acceptors (Lipinski definition) is 4. The standard InChI is InChI=1S/C14H19N3S/c1-3-15-9-13-8-14(4-6-16-13)17(2)10-12-5-7-18-11-12/h4-8,11,15H,3,9-10H2,1-2H3. The van der Waals surface area contributed by atoms with E-state index in [0.29, 0.717) is 0 Å². The summed E-state index contributed by atoms with van der Waals surface area (Å²) < 4.78 is 0. The van der Waals surface area contributed by atoms with Crippen LogP contribution in [-0.4, -0.2) is 18.6 Å². The van der Waals surface area contributed by atoms with E-state index >= 15 is 0 Å². The molecule has 0 saturated heterocycles. The summed E-state index contributed by atoms with van der Waals surface area (Å²) in [6, 6.07) is 6.37. The van der Waals surface area contributed by atoms with Crippen LogP contribution in [0.5, 0.6) is 0 Å². The summed E-state index contributed by atoms with van der Waals surface area (Å²) in [6.45, 7) is 4.84. The van der Waals surface area contributed by atoms with Gasteiger partial charge in [-0.15, -0.1) is 0 Å². The van der Waals surface area contributed by atoms with Gasteiger partial charge in [-0.05, 0) is 41.1 Å². The van der Waals surface area contributed by atoms with Gasteiger partial charge in [0.25, 0.3) is 0 Å². The summed E-state index contributed by atoms with van der Waals surface area (Å²) >= 11 is 1.74. The molecule has 0 aliphatic heterocycles. The molecule has 0 unspecified atom stereocenters. The molecule has 3 nitrogen and oxygen atoms in total. The van der Waals surface area contributed by atoms with Crippen molar-refractivity contribution in [1.29, 1.82) is 0 Å². The first-order valence-corrected chi connectivity index (χ1v) is 7.11. The van der Waals surface area contributed by atoms with Gasteiger partial charge >= 0.3 is 0 Å². The Morgan fingerprint density at radius 2 is 2.28 bits per heavy atom. The normalized spacial score (nSPS) is 10.6. The van der Waals surface area contributed by atoms with Gasteiger partial charge in [-0.1, -0.05) is 6.92 Å². The summed E-state index contributed by atoms with van der Waals surface area (Å²) in [4.78, 5) is 6.62. The van der Waals surface area contributed by atoms with Crippen molar-refractivity contribution >= 4 is 17.0 Å². The van der Waals surface area contributed by atoms with Crippen molar-refractivity contribution in [3.63, 3.8) is 0 Å². The van der Waals surface area contributed by atoms with Crippen molar-refractivity contribution in [1.82, 2.24) is 10.3 Å². The third-order valence-corrected chi connectivity index (χ3v) is 3.53. The van der Waals surface area contributed by atoms with Crippen molar-refractivity contribution in [3.8, 4) is 0 Å². The molecule has 0 aromatic carbocycles. The average Bonchev–Trinajstić information content (AvgIpc) is 2.89. The van der Waals surface area contributed by atoms with E-state index in [1.165, 1.54) is 11.3 Å². The minimum Gasteiger partial charge on any atom is -0.370 e. The molecule has 0 saturated carbocycles. The zero-order valence-corrected chi connectivity index (χ0v) is 11.7. The number of nitrogens with one attached hydrogen (secondary N) is 1. The van der Waals surface area contributed by atoms with E-state index in [-0.39, 0.29) is 0 Å². The molecule has 2 aromatic rings. The van der Waals surface area contributed by atoms with Crippen LogP contribution in [0.25, 0.3) is 0 Å². The molecule has 0 aliphatic rings. The molecule has 0 fully saturated rings. The molecule has 2 aromatic heterocycles. The van der Waals surface area contributed by atoms with Crippen LogP contribution < -0.4 is 10.2 Å². The fourth-order valence-corrected chi connectivity index (χ4v) is 2.46. The van der Waals surface area contributed by atoms with Crippen LogP contribution in [0.2, 0.25) is 0 Å². The molecule has 1 N–H and O–H groups in total. The number of thiophene rings is 1. The molecule has 0 spiro atoms. The molecule has 4 heteroatoms. The summed E-state index contributed by atoms with van der Waals surface area (Å²) in [5.41, 5.74) is 3.66. The van der Waals surface area contributed by atoms with Crippen LogP contribution in [0.1, 0.15) is 18.2 Å². The second-order valence-corrected chi connectivity index (χ2v) is 5.05. The molecule has 18 heavy (non-hydrogen) atoms. The lowest BCUT2D eigenvalue weighted by Crippen LogP contribution is -2.17. The third-order valence-electron chi connectivity index (χ3n) is 2.80. The van der Waals surface area contributed by atoms with Crippen molar-refractivity contribution in [2.24, 2.45) is 0 Å². The SMILES string of the molecule is CCNCc1cc(N(C)Cc2ccsc2)ccn1. The summed E-state index contributed by atoms with van der Waals surface area (Å²) in [5.74, 6) is 0.